The first-order valence-corrected chi connectivity index (χ1v) is 10.8. The summed E-state index contributed by atoms with van der Waals surface area (Å²) >= 11 is 0. The van der Waals surface area contributed by atoms with Gasteiger partial charge < -0.3 is 9.64 Å². The number of aryl methyl sites for hydroxylation is 1. The van der Waals surface area contributed by atoms with Crippen molar-refractivity contribution in [3.63, 3.8) is 0 Å². The highest BCUT2D eigenvalue weighted by Crippen LogP contribution is 2.24. The standard InChI is InChI=1S/C20H21F2NO4S/c1-13-3-4-14(11-19(13)28(2,25)26)20(24)23-9-7-16(8-10-23)27-18-6-5-15(21)12-17(18)22/h3-6,11-12,16H,7-10H2,1-2H3. The SMILES string of the molecule is Cc1ccc(C(=O)N2CCC(Oc3ccc(F)cc3F)CC2)cc1S(C)(=O)=O. The fourth-order valence-electron chi connectivity index (χ4n) is 3.24. The molecule has 1 aliphatic heterocycles. The summed E-state index contributed by atoms with van der Waals surface area (Å²) in [5, 5.41) is 0. The highest BCUT2D eigenvalue weighted by molar-refractivity contribution is 7.90. The van der Waals surface area contributed by atoms with Gasteiger partial charge in [0.1, 0.15) is 11.9 Å². The number of hydrogen-bond donors (Lipinski definition) is 0. The summed E-state index contributed by atoms with van der Waals surface area (Å²) in [6.45, 7) is 2.48. The molecule has 8 heteroatoms. The predicted octanol–water partition coefficient (Wildman–Crippen LogP) is 3.36. The predicted molar refractivity (Wildman–Crippen MR) is 100 cm³/mol. The number of carbonyl (C=O) groups excluding carboxylic acids is 1. The lowest BCUT2D eigenvalue weighted by Crippen LogP contribution is -2.41. The normalized spacial score (nSPS) is 15.5. The van der Waals surface area contributed by atoms with Crippen molar-refractivity contribution in [2.45, 2.75) is 30.8 Å². The molecule has 0 aliphatic carbocycles. The zero-order valence-corrected chi connectivity index (χ0v) is 16.4. The van der Waals surface area contributed by atoms with E-state index >= 15 is 0 Å². The molecule has 1 saturated heterocycles. The molecule has 1 heterocycles. The van der Waals surface area contributed by atoms with E-state index in [1.807, 2.05) is 0 Å². The number of amides is 1. The average molecular weight is 409 g/mol. The minimum atomic E-state index is -3.42. The molecule has 1 aliphatic rings. The Morgan fingerprint density at radius 3 is 2.39 bits per heavy atom. The molecule has 28 heavy (non-hydrogen) atoms. The number of halogens is 2. The van der Waals surface area contributed by atoms with Crippen LogP contribution in [0.2, 0.25) is 0 Å². The fraction of sp³-hybridized carbons (Fsp3) is 0.350. The second-order valence-electron chi connectivity index (χ2n) is 6.94. The Hall–Kier alpha value is -2.48. The van der Waals surface area contributed by atoms with Crippen molar-refractivity contribution < 1.29 is 26.7 Å². The van der Waals surface area contributed by atoms with Crippen molar-refractivity contribution in [1.29, 1.82) is 0 Å². The summed E-state index contributed by atoms with van der Waals surface area (Å²) in [4.78, 5) is 14.5. The third-order valence-corrected chi connectivity index (χ3v) is 5.99. The smallest absolute Gasteiger partial charge is 0.253 e. The van der Waals surface area contributed by atoms with Gasteiger partial charge in [-0.15, -0.1) is 0 Å². The average Bonchev–Trinajstić information content (AvgIpc) is 2.63. The van der Waals surface area contributed by atoms with Crippen LogP contribution in [0, 0.1) is 18.6 Å². The van der Waals surface area contributed by atoms with E-state index in [-0.39, 0.29) is 22.7 Å². The Bertz CT molecular complexity index is 999. The van der Waals surface area contributed by atoms with Gasteiger partial charge in [0.2, 0.25) is 0 Å². The zero-order chi connectivity index (χ0) is 20.5. The van der Waals surface area contributed by atoms with Crippen LogP contribution in [0.5, 0.6) is 5.75 Å². The fourth-order valence-corrected chi connectivity index (χ4v) is 4.24. The molecule has 0 spiro atoms. The summed E-state index contributed by atoms with van der Waals surface area (Å²) in [5.74, 6) is -1.69. The summed E-state index contributed by atoms with van der Waals surface area (Å²) in [5.41, 5.74) is 0.905. The van der Waals surface area contributed by atoms with Gasteiger partial charge in [-0.3, -0.25) is 4.79 Å². The van der Waals surface area contributed by atoms with Crippen molar-refractivity contribution in [3.05, 3.63) is 59.2 Å². The molecule has 1 amide bonds. The van der Waals surface area contributed by atoms with E-state index in [9.17, 15) is 22.0 Å². The van der Waals surface area contributed by atoms with E-state index in [1.54, 1.807) is 24.0 Å². The highest BCUT2D eigenvalue weighted by atomic mass is 32.2. The van der Waals surface area contributed by atoms with Gasteiger partial charge in [0.15, 0.2) is 21.4 Å². The van der Waals surface area contributed by atoms with Crippen molar-refractivity contribution in [2.24, 2.45) is 0 Å². The van der Waals surface area contributed by atoms with Gasteiger partial charge in [0.05, 0.1) is 4.90 Å². The molecule has 2 aromatic carbocycles. The summed E-state index contributed by atoms with van der Waals surface area (Å²) in [6.07, 6.45) is 1.82. The van der Waals surface area contributed by atoms with E-state index in [1.165, 1.54) is 12.1 Å². The molecule has 0 saturated carbocycles. The molecule has 0 radical (unpaired) electrons. The molecule has 0 N–H and O–H groups in total. The molecule has 0 atom stereocenters. The van der Waals surface area contributed by atoms with Crippen molar-refractivity contribution in [3.8, 4) is 5.75 Å². The number of rotatable bonds is 4. The first-order chi connectivity index (χ1) is 13.1. The molecule has 0 unspecified atom stereocenters. The van der Waals surface area contributed by atoms with Gasteiger partial charge in [-0.05, 0) is 36.8 Å². The topological polar surface area (TPSA) is 63.7 Å². The molecular weight excluding hydrogens is 388 g/mol. The Labute approximate surface area is 162 Å². The number of benzene rings is 2. The van der Waals surface area contributed by atoms with Crippen LogP contribution in [0.1, 0.15) is 28.8 Å². The van der Waals surface area contributed by atoms with Crippen LogP contribution >= 0.6 is 0 Å². The molecule has 2 aromatic rings. The van der Waals surface area contributed by atoms with Gasteiger partial charge in [-0.1, -0.05) is 6.07 Å². The molecular formula is C20H21F2NO4S. The maximum Gasteiger partial charge on any atom is 0.253 e. The van der Waals surface area contributed by atoms with Gasteiger partial charge in [-0.2, -0.15) is 0 Å². The molecule has 0 aromatic heterocycles. The number of hydrogen-bond acceptors (Lipinski definition) is 4. The Morgan fingerprint density at radius 1 is 1.11 bits per heavy atom. The molecule has 150 valence electrons. The van der Waals surface area contributed by atoms with Crippen LogP contribution in [0.4, 0.5) is 8.78 Å². The first-order valence-electron chi connectivity index (χ1n) is 8.87. The van der Waals surface area contributed by atoms with Gasteiger partial charge in [0.25, 0.3) is 5.91 Å². The molecule has 1 fully saturated rings. The van der Waals surface area contributed by atoms with Gasteiger partial charge in [-0.25, -0.2) is 17.2 Å². The molecule has 5 nitrogen and oxygen atoms in total. The second-order valence-corrected chi connectivity index (χ2v) is 8.92. The van der Waals surface area contributed by atoms with Gasteiger partial charge >= 0.3 is 0 Å². The molecule has 3 rings (SSSR count). The Balaban J connectivity index is 1.65. The number of likely N-dealkylation sites (tertiary alicyclic amines) is 1. The zero-order valence-electron chi connectivity index (χ0n) is 15.6. The third-order valence-electron chi connectivity index (χ3n) is 4.75. The number of piperidine rings is 1. The maximum absolute atomic E-state index is 13.7. The monoisotopic (exact) mass is 409 g/mol. The minimum Gasteiger partial charge on any atom is -0.487 e. The number of carbonyl (C=O) groups is 1. The van der Waals surface area contributed by atoms with Crippen molar-refractivity contribution in [1.82, 2.24) is 4.90 Å². The van der Waals surface area contributed by atoms with E-state index < -0.39 is 21.5 Å². The third kappa shape index (κ3) is 4.49. The highest BCUT2D eigenvalue weighted by Gasteiger charge is 2.26. The van der Waals surface area contributed by atoms with E-state index in [2.05, 4.69) is 0 Å². The molecule has 0 bridgehead atoms. The van der Waals surface area contributed by atoms with Crippen LogP contribution < -0.4 is 4.74 Å². The van der Waals surface area contributed by atoms with Crippen LogP contribution in [0.3, 0.4) is 0 Å². The second kappa shape index (κ2) is 7.87. The lowest BCUT2D eigenvalue weighted by atomic mass is 10.1. The van der Waals surface area contributed by atoms with E-state index in [0.717, 1.165) is 18.4 Å². The first kappa shape index (κ1) is 20.3. The quantitative estimate of drug-likeness (QED) is 0.777. The summed E-state index contributed by atoms with van der Waals surface area (Å²) in [7, 11) is -3.42. The van der Waals surface area contributed by atoms with Crippen molar-refractivity contribution in [2.75, 3.05) is 19.3 Å². The largest absolute Gasteiger partial charge is 0.487 e. The van der Waals surface area contributed by atoms with E-state index in [4.69, 9.17) is 4.74 Å². The van der Waals surface area contributed by atoms with Crippen LogP contribution in [-0.2, 0) is 9.84 Å². The minimum absolute atomic E-state index is 0.0116. The van der Waals surface area contributed by atoms with Crippen LogP contribution in [0.15, 0.2) is 41.3 Å². The Morgan fingerprint density at radius 2 is 1.79 bits per heavy atom. The van der Waals surface area contributed by atoms with E-state index in [0.29, 0.717) is 37.1 Å². The number of sulfone groups is 1. The van der Waals surface area contributed by atoms with Crippen LogP contribution in [-0.4, -0.2) is 44.7 Å². The number of ether oxygens (including phenoxy) is 1. The summed E-state index contributed by atoms with van der Waals surface area (Å²) in [6, 6.07) is 7.79. The lowest BCUT2D eigenvalue weighted by Gasteiger charge is -2.32. The summed E-state index contributed by atoms with van der Waals surface area (Å²) < 4.78 is 56.0. The van der Waals surface area contributed by atoms with Gasteiger partial charge in [0, 0.05) is 43.8 Å². The van der Waals surface area contributed by atoms with Crippen LogP contribution in [0.25, 0.3) is 0 Å². The Kier molecular flexibility index (Phi) is 5.69. The number of nitrogens with zero attached hydrogens (tertiary/aromatic N) is 1. The maximum atomic E-state index is 13.7. The lowest BCUT2D eigenvalue weighted by molar-refractivity contribution is 0.0588. The van der Waals surface area contributed by atoms with Crippen molar-refractivity contribution >= 4 is 15.7 Å².